The van der Waals surface area contributed by atoms with Crippen LogP contribution in [0, 0.1) is 0 Å². The van der Waals surface area contributed by atoms with Gasteiger partial charge in [-0.3, -0.25) is 4.79 Å². The third kappa shape index (κ3) is 6.25. The monoisotopic (exact) mass is 399 g/mol. The van der Waals surface area contributed by atoms with Crippen molar-refractivity contribution in [1.29, 1.82) is 0 Å². The summed E-state index contributed by atoms with van der Waals surface area (Å²) in [5.74, 6) is -0.191. The summed E-state index contributed by atoms with van der Waals surface area (Å²) >= 11 is 0. The van der Waals surface area contributed by atoms with Gasteiger partial charge in [-0.25, -0.2) is 8.42 Å². The van der Waals surface area contributed by atoms with E-state index in [-0.39, 0.29) is 29.9 Å². The molecule has 1 heterocycles. The summed E-state index contributed by atoms with van der Waals surface area (Å²) in [5, 5.41) is 6.22. The van der Waals surface area contributed by atoms with Crippen molar-refractivity contribution in [2.24, 2.45) is 0 Å². The number of rotatable bonds is 10. The number of nitrogens with zero attached hydrogens (tertiary/aromatic N) is 1. The minimum Gasteiger partial charge on any atom is -0.383 e. The maximum absolute atomic E-state index is 12.8. The third-order valence-corrected chi connectivity index (χ3v) is 6.39. The Labute approximate surface area is 161 Å². The average Bonchev–Trinajstić information content (AvgIpc) is 2.68. The van der Waals surface area contributed by atoms with Crippen LogP contribution in [0.15, 0.2) is 29.2 Å². The predicted molar refractivity (Wildman–Crippen MR) is 102 cm³/mol. The fourth-order valence-corrected chi connectivity index (χ4v) is 4.32. The smallest absolute Gasteiger partial charge is 0.251 e. The van der Waals surface area contributed by atoms with Gasteiger partial charge in [0.1, 0.15) is 0 Å². The molecule has 1 fully saturated rings. The second kappa shape index (κ2) is 10.7. The van der Waals surface area contributed by atoms with E-state index in [2.05, 4.69) is 10.6 Å². The number of hydrogen-bond donors (Lipinski definition) is 2. The molecule has 27 heavy (non-hydrogen) atoms. The first-order valence-corrected chi connectivity index (χ1v) is 10.5. The SMILES string of the molecule is COCCN(CCOC)S(=O)(=O)c1ccc(C(=O)N[C@H]2CCCNC2)cc1. The first kappa shape index (κ1) is 21.8. The van der Waals surface area contributed by atoms with E-state index in [0.717, 1.165) is 25.9 Å². The van der Waals surface area contributed by atoms with Crippen LogP contribution in [0.5, 0.6) is 0 Å². The Hall–Kier alpha value is -1.52. The van der Waals surface area contributed by atoms with Gasteiger partial charge < -0.3 is 20.1 Å². The van der Waals surface area contributed by atoms with E-state index in [1.165, 1.54) is 30.7 Å². The second-order valence-corrected chi connectivity index (χ2v) is 8.37. The number of methoxy groups -OCH3 is 2. The van der Waals surface area contributed by atoms with E-state index in [9.17, 15) is 13.2 Å². The molecule has 1 saturated heterocycles. The Morgan fingerprint density at radius 2 is 1.81 bits per heavy atom. The molecule has 8 nitrogen and oxygen atoms in total. The lowest BCUT2D eigenvalue weighted by atomic mass is 10.1. The van der Waals surface area contributed by atoms with Crippen molar-refractivity contribution in [2.45, 2.75) is 23.8 Å². The summed E-state index contributed by atoms with van der Waals surface area (Å²) in [5.41, 5.74) is 0.444. The molecule has 0 bridgehead atoms. The molecule has 2 N–H and O–H groups in total. The molecule has 1 amide bonds. The summed E-state index contributed by atoms with van der Waals surface area (Å²) in [6.45, 7) is 2.78. The highest BCUT2D eigenvalue weighted by Crippen LogP contribution is 2.17. The standard InChI is InChI=1S/C18H29N3O5S/c1-25-12-10-21(11-13-26-2)27(23,24)17-7-5-15(6-8-17)18(22)20-16-4-3-9-19-14-16/h5-8,16,19H,3-4,9-14H2,1-2H3,(H,20,22)/t16-/m0/s1. The van der Waals surface area contributed by atoms with Crippen molar-refractivity contribution in [2.75, 3.05) is 53.6 Å². The molecule has 0 unspecified atom stereocenters. The van der Waals surface area contributed by atoms with Crippen molar-refractivity contribution in [1.82, 2.24) is 14.9 Å². The van der Waals surface area contributed by atoms with Gasteiger partial charge in [0.2, 0.25) is 10.0 Å². The van der Waals surface area contributed by atoms with E-state index in [1.807, 2.05) is 0 Å². The van der Waals surface area contributed by atoms with Crippen molar-refractivity contribution in [3.8, 4) is 0 Å². The Morgan fingerprint density at radius 3 is 2.33 bits per heavy atom. The molecule has 1 aliphatic rings. The number of sulfonamides is 1. The molecular weight excluding hydrogens is 370 g/mol. The number of ether oxygens (including phenoxy) is 2. The molecular formula is C18H29N3O5S. The number of piperidine rings is 1. The quantitative estimate of drug-likeness (QED) is 0.593. The predicted octanol–water partition coefficient (Wildman–Crippen LogP) is 0.452. The molecule has 0 radical (unpaired) electrons. The maximum atomic E-state index is 12.8. The summed E-state index contributed by atoms with van der Waals surface area (Å²) in [6.07, 6.45) is 1.97. The third-order valence-electron chi connectivity index (χ3n) is 4.48. The van der Waals surface area contributed by atoms with E-state index in [4.69, 9.17) is 9.47 Å². The van der Waals surface area contributed by atoms with E-state index in [1.54, 1.807) is 12.1 Å². The molecule has 1 aliphatic heterocycles. The van der Waals surface area contributed by atoms with Gasteiger partial charge in [0, 0.05) is 45.5 Å². The normalized spacial score (nSPS) is 17.8. The van der Waals surface area contributed by atoms with Gasteiger partial charge >= 0.3 is 0 Å². The van der Waals surface area contributed by atoms with Crippen LogP contribution >= 0.6 is 0 Å². The van der Waals surface area contributed by atoms with Gasteiger partial charge in [0.15, 0.2) is 0 Å². The van der Waals surface area contributed by atoms with Gasteiger partial charge in [-0.15, -0.1) is 0 Å². The van der Waals surface area contributed by atoms with Crippen LogP contribution in [0.2, 0.25) is 0 Å². The number of benzene rings is 1. The summed E-state index contributed by atoms with van der Waals surface area (Å²) in [6, 6.07) is 6.13. The van der Waals surface area contributed by atoms with Crippen LogP contribution in [-0.4, -0.2) is 78.3 Å². The minimum atomic E-state index is -3.68. The number of amides is 1. The Morgan fingerprint density at radius 1 is 1.19 bits per heavy atom. The fourth-order valence-electron chi connectivity index (χ4n) is 2.91. The van der Waals surface area contributed by atoms with Crippen molar-refractivity contribution < 1.29 is 22.7 Å². The highest BCUT2D eigenvalue weighted by atomic mass is 32.2. The molecule has 2 rings (SSSR count). The summed E-state index contributed by atoms with van der Waals surface area (Å²) in [7, 11) is -0.635. The van der Waals surface area contributed by atoms with Crippen molar-refractivity contribution in [3.63, 3.8) is 0 Å². The van der Waals surface area contributed by atoms with Crippen LogP contribution < -0.4 is 10.6 Å². The minimum absolute atomic E-state index is 0.105. The maximum Gasteiger partial charge on any atom is 0.251 e. The summed E-state index contributed by atoms with van der Waals surface area (Å²) < 4.78 is 37.0. The number of hydrogen-bond acceptors (Lipinski definition) is 6. The number of nitrogens with one attached hydrogen (secondary N) is 2. The topological polar surface area (TPSA) is 97.0 Å². The van der Waals surface area contributed by atoms with Crippen LogP contribution in [0.25, 0.3) is 0 Å². The first-order chi connectivity index (χ1) is 13.0. The average molecular weight is 400 g/mol. The van der Waals surface area contributed by atoms with E-state index in [0.29, 0.717) is 18.8 Å². The second-order valence-electron chi connectivity index (χ2n) is 6.43. The van der Waals surface area contributed by atoms with Crippen LogP contribution in [0.4, 0.5) is 0 Å². The Balaban J connectivity index is 2.07. The Kier molecular flexibility index (Phi) is 8.65. The highest BCUT2D eigenvalue weighted by Gasteiger charge is 2.24. The summed E-state index contributed by atoms with van der Waals surface area (Å²) in [4.78, 5) is 12.5. The molecule has 152 valence electrons. The van der Waals surface area contributed by atoms with Crippen LogP contribution in [-0.2, 0) is 19.5 Å². The molecule has 0 saturated carbocycles. The zero-order chi connectivity index (χ0) is 19.7. The molecule has 1 atom stereocenters. The highest BCUT2D eigenvalue weighted by molar-refractivity contribution is 7.89. The molecule has 0 aliphatic carbocycles. The lowest BCUT2D eigenvalue weighted by Crippen LogP contribution is -2.45. The van der Waals surface area contributed by atoms with Gasteiger partial charge in [0.05, 0.1) is 18.1 Å². The number of carbonyl (C=O) groups is 1. The van der Waals surface area contributed by atoms with Crippen LogP contribution in [0.1, 0.15) is 23.2 Å². The van der Waals surface area contributed by atoms with Gasteiger partial charge in [-0.1, -0.05) is 0 Å². The first-order valence-electron chi connectivity index (χ1n) is 9.08. The lowest BCUT2D eigenvalue weighted by Gasteiger charge is -2.24. The van der Waals surface area contributed by atoms with Gasteiger partial charge in [0.25, 0.3) is 5.91 Å². The zero-order valence-electron chi connectivity index (χ0n) is 15.9. The Bertz CT molecular complexity index is 679. The van der Waals surface area contributed by atoms with Gasteiger partial charge in [-0.05, 0) is 43.7 Å². The molecule has 0 aromatic heterocycles. The van der Waals surface area contributed by atoms with Crippen molar-refractivity contribution in [3.05, 3.63) is 29.8 Å². The van der Waals surface area contributed by atoms with Gasteiger partial charge in [-0.2, -0.15) is 4.31 Å². The molecule has 0 spiro atoms. The lowest BCUT2D eigenvalue weighted by molar-refractivity contribution is 0.0930. The zero-order valence-corrected chi connectivity index (χ0v) is 16.8. The molecule has 9 heteroatoms. The van der Waals surface area contributed by atoms with E-state index >= 15 is 0 Å². The fraction of sp³-hybridized carbons (Fsp3) is 0.611. The number of carbonyl (C=O) groups excluding carboxylic acids is 1. The molecule has 1 aromatic rings. The van der Waals surface area contributed by atoms with Crippen LogP contribution in [0.3, 0.4) is 0 Å². The molecule has 1 aromatic carbocycles. The van der Waals surface area contributed by atoms with E-state index < -0.39 is 10.0 Å². The largest absolute Gasteiger partial charge is 0.383 e. The van der Waals surface area contributed by atoms with Crippen molar-refractivity contribution >= 4 is 15.9 Å².